The van der Waals surface area contributed by atoms with Crippen molar-refractivity contribution in [2.75, 3.05) is 53.6 Å². The molecular weight excluding hydrogens is 837 g/mol. The number of hydrogen-bond acceptors (Lipinski definition) is 8. The molecule has 0 aromatic heterocycles. The molecule has 9 nitrogen and oxygen atoms in total. The van der Waals surface area contributed by atoms with Crippen molar-refractivity contribution in [3.63, 3.8) is 0 Å². The minimum atomic E-state index is -0.432. The Kier molecular flexibility index (Phi) is 49.0. The van der Waals surface area contributed by atoms with E-state index in [4.69, 9.17) is 18.9 Å². The molecule has 0 fully saturated rings. The maximum Gasteiger partial charge on any atom is 0.407 e. The normalized spacial score (nSPS) is 12.7. The Morgan fingerprint density at radius 1 is 0.448 bits per heavy atom. The van der Waals surface area contributed by atoms with Crippen LogP contribution in [0.2, 0.25) is 0 Å². The number of likely N-dealkylation sites (N-methyl/N-ethyl adjacent to an activating group) is 1. The highest BCUT2D eigenvalue weighted by molar-refractivity contribution is 5.69. The second-order valence-corrected chi connectivity index (χ2v) is 16.7. The third kappa shape index (κ3) is 52.4. The first-order chi connectivity index (χ1) is 32.9. The molecule has 0 radical (unpaired) electrons. The van der Waals surface area contributed by atoms with Gasteiger partial charge in [-0.2, -0.15) is 0 Å². The number of alkyl carbamates (subject to hydrolysis) is 1. The van der Waals surface area contributed by atoms with E-state index in [1.807, 2.05) is 19.0 Å². The zero-order valence-corrected chi connectivity index (χ0v) is 42.6. The van der Waals surface area contributed by atoms with Crippen LogP contribution in [0, 0.1) is 0 Å². The van der Waals surface area contributed by atoms with Gasteiger partial charge in [-0.15, -0.1) is 0 Å². The van der Waals surface area contributed by atoms with E-state index in [9.17, 15) is 14.4 Å². The van der Waals surface area contributed by atoms with Crippen LogP contribution in [0.5, 0.6) is 0 Å². The summed E-state index contributed by atoms with van der Waals surface area (Å²) in [4.78, 5) is 39.1. The molecule has 0 aromatic rings. The molecule has 0 saturated carbocycles. The van der Waals surface area contributed by atoms with E-state index in [1.165, 1.54) is 0 Å². The maximum atomic E-state index is 12.6. The van der Waals surface area contributed by atoms with Crippen LogP contribution in [0.1, 0.15) is 168 Å². The van der Waals surface area contributed by atoms with E-state index >= 15 is 0 Å². The number of carbonyl (C=O) groups is 3. The molecule has 0 spiro atoms. The van der Waals surface area contributed by atoms with Crippen LogP contribution < -0.4 is 5.32 Å². The van der Waals surface area contributed by atoms with Gasteiger partial charge in [-0.1, -0.05) is 135 Å². The Morgan fingerprint density at radius 2 is 0.821 bits per heavy atom. The number of amides is 1. The van der Waals surface area contributed by atoms with E-state index < -0.39 is 6.09 Å². The van der Waals surface area contributed by atoms with Gasteiger partial charge in [-0.3, -0.25) is 9.59 Å². The van der Waals surface area contributed by atoms with Crippen molar-refractivity contribution in [1.29, 1.82) is 0 Å². The summed E-state index contributed by atoms with van der Waals surface area (Å²) < 4.78 is 22.3. The molecule has 1 amide bonds. The number of carbonyl (C=O) groups excluding carboxylic acids is 3. The second kappa shape index (κ2) is 52.5. The summed E-state index contributed by atoms with van der Waals surface area (Å²) >= 11 is 0. The quantitative estimate of drug-likeness (QED) is 0.0279. The fourth-order valence-electron chi connectivity index (χ4n) is 6.31. The highest BCUT2D eigenvalue weighted by Gasteiger charge is 2.14. The van der Waals surface area contributed by atoms with E-state index in [0.717, 1.165) is 148 Å². The summed E-state index contributed by atoms with van der Waals surface area (Å²) in [5.74, 6) is -0.300. The van der Waals surface area contributed by atoms with Gasteiger partial charge in [0, 0.05) is 25.9 Å². The average molecular weight is 931 g/mol. The van der Waals surface area contributed by atoms with E-state index in [-0.39, 0.29) is 18.0 Å². The standard InChI is InChI=1S/C58H94N2O7/c1-5-7-9-11-13-15-17-19-21-23-25-27-29-31-33-35-41-47-56(61)65-51-43-37-39-45-55(67-58(63)59-49-53-64-54-50-60(3)4)46-40-38-44-52-66-57(62)48-42-36-34-32-30-28-26-24-22-20-18-16-14-12-10-8-6-2/h7-10,13-16,19-22,25-28,31-34,55H,5-6,11-12,17-18,23-24,29-30,35-54H2,1-4H3,(H,59,63)/b9-7-,10-8-,15-13-,16-14-,21-19-,22-20-,27-25-,28-26-,33-31-,34-32-. The number of rotatable bonds is 45. The van der Waals surface area contributed by atoms with Crippen LogP contribution in [0.4, 0.5) is 4.79 Å². The fourth-order valence-corrected chi connectivity index (χ4v) is 6.31. The van der Waals surface area contributed by atoms with Gasteiger partial charge in [0.1, 0.15) is 6.10 Å². The minimum absolute atomic E-state index is 0.150. The molecule has 9 heteroatoms. The highest BCUT2D eigenvalue weighted by atomic mass is 16.6. The van der Waals surface area contributed by atoms with Gasteiger partial charge in [-0.25, -0.2) is 4.79 Å². The number of allylic oxidation sites excluding steroid dienone is 20. The first-order valence-corrected chi connectivity index (χ1v) is 25.9. The largest absolute Gasteiger partial charge is 0.466 e. The van der Waals surface area contributed by atoms with Gasteiger partial charge < -0.3 is 29.2 Å². The predicted molar refractivity (Wildman–Crippen MR) is 283 cm³/mol. The summed E-state index contributed by atoms with van der Waals surface area (Å²) in [7, 11) is 3.98. The lowest BCUT2D eigenvalue weighted by atomic mass is 10.0. The lowest BCUT2D eigenvalue weighted by Gasteiger charge is -2.18. The van der Waals surface area contributed by atoms with Crippen molar-refractivity contribution >= 4 is 18.0 Å². The molecule has 0 aromatic carbocycles. The molecule has 0 aliphatic rings. The summed E-state index contributed by atoms with van der Waals surface area (Å²) in [6.45, 7) is 7.35. The Bertz CT molecular complexity index is 1370. The van der Waals surface area contributed by atoms with Gasteiger partial charge in [0.25, 0.3) is 0 Å². The molecule has 67 heavy (non-hydrogen) atoms. The number of hydrogen-bond donors (Lipinski definition) is 1. The maximum absolute atomic E-state index is 12.6. The molecular formula is C58H94N2O7. The van der Waals surface area contributed by atoms with Crippen LogP contribution in [0.25, 0.3) is 0 Å². The molecule has 378 valence electrons. The number of unbranched alkanes of at least 4 members (excludes halogenated alkanes) is 6. The molecule has 0 aliphatic carbocycles. The number of esters is 2. The van der Waals surface area contributed by atoms with Crippen molar-refractivity contribution in [3.8, 4) is 0 Å². The van der Waals surface area contributed by atoms with Crippen molar-refractivity contribution in [1.82, 2.24) is 10.2 Å². The number of nitrogens with zero attached hydrogens (tertiary/aromatic N) is 1. The molecule has 0 saturated heterocycles. The highest BCUT2D eigenvalue weighted by Crippen LogP contribution is 2.15. The molecule has 0 rings (SSSR count). The zero-order valence-electron chi connectivity index (χ0n) is 42.6. The lowest BCUT2D eigenvalue weighted by molar-refractivity contribution is -0.144. The molecule has 0 bridgehead atoms. The monoisotopic (exact) mass is 931 g/mol. The summed E-state index contributed by atoms with van der Waals surface area (Å²) in [6.07, 6.45) is 63.5. The van der Waals surface area contributed by atoms with E-state index in [2.05, 4.69) is 141 Å². The smallest absolute Gasteiger partial charge is 0.407 e. The third-order valence-corrected chi connectivity index (χ3v) is 10.2. The third-order valence-electron chi connectivity index (χ3n) is 10.2. The van der Waals surface area contributed by atoms with Crippen LogP contribution in [-0.2, 0) is 28.5 Å². The Balaban J connectivity index is 4.27. The van der Waals surface area contributed by atoms with Crippen molar-refractivity contribution < 1.29 is 33.3 Å². The zero-order chi connectivity index (χ0) is 48.8. The van der Waals surface area contributed by atoms with Crippen LogP contribution in [0.15, 0.2) is 122 Å². The molecule has 0 atom stereocenters. The Labute approximate surface area is 409 Å². The molecule has 0 aliphatic heterocycles. The van der Waals surface area contributed by atoms with Crippen molar-refractivity contribution in [3.05, 3.63) is 122 Å². The summed E-state index contributed by atoms with van der Waals surface area (Å²) in [5, 5.41) is 2.81. The van der Waals surface area contributed by atoms with Gasteiger partial charge in [0.2, 0.25) is 0 Å². The molecule has 0 unspecified atom stereocenters. The summed E-state index contributed by atoms with van der Waals surface area (Å²) in [6, 6.07) is 0. The Hall–Kier alpha value is -4.47. The minimum Gasteiger partial charge on any atom is -0.466 e. The van der Waals surface area contributed by atoms with Crippen LogP contribution >= 0.6 is 0 Å². The topological polar surface area (TPSA) is 103 Å². The average Bonchev–Trinajstić information content (AvgIpc) is 3.31. The fraction of sp³-hybridized carbons (Fsp3) is 0.603. The SMILES string of the molecule is CC/C=C\C/C=C\C/C=C\C/C=C\C/C=C\CCCC(=O)OCCCCCC(CCCCCOC(=O)CCC/C=C\C/C=C\C/C=C\C/C=C\C/C=C\CC)OC(=O)NCCOCCN(C)C. The second-order valence-electron chi connectivity index (χ2n) is 16.7. The number of nitrogens with one attached hydrogen (secondary N) is 1. The van der Waals surface area contributed by atoms with E-state index in [0.29, 0.717) is 45.8 Å². The lowest BCUT2D eigenvalue weighted by Crippen LogP contribution is -2.32. The van der Waals surface area contributed by atoms with Crippen LogP contribution in [0.3, 0.4) is 0 Å². The predicted octanol–water partition coefficient (Wildman–Crippen LogP) is 14.7. The Morgan fingerprint density at radius 3 is 1.19 bits per heavy atom. The van der Waals surface area contributed by atoms with Gasteiger partial charge in [0.05, 0.1) is 26.4 Å². The van der Waals surface area contributed by atoms with Crippen molar-refractivity contribution in [2.45, 2.75) is 174 Å². The van der Waals surface area contributed by atoms with Gasteiger partial charge in [0.15, 0.2) is 0 Å². The van der Waals surface area contributed by atoms with Crippen molar-refractivity contribution in [2.24, 2.45) is 0 Å². The molecule has 1 N–H and O–H groups in total. The summed E-state index contributed by atoms with van der Waals surface area (Å²) in [5.41, 5.74) is 0. The van der Waals surface area contributed by atoms with Gasteiger partial charge in [-0.05, 0) is 155 Å². The molecule has 0 heterocycles. The van der Waals surface area contributed by atoms with Gasteiger partial charge >= 0.3 is 18.0 Å². The first-order valence-electron chi connectivity index (χ1n) is 25.9. The van der Waals surface area contributed by atoms with Crippen LogP contribution in [-0.4, -0.2) is 82.6 Å². The van der Waals surface area contributed by atoms with E-state index in [1.54, 1.807) is 0 Å². The first kappa shape index (κ1) is 62.5. The number of ether oxygens (including phenoxy) is 4.